The number of methoxy groups -OCH3 is 1. The van der Waals surface area contributed by atoms with Crippen LogP contribution < -0.4 is 5.32 Å². The molecule has 1 rings (SSSR count). The van der Waals surface area contributed by atoms with Crippen molar-refractivity contribution in [3.63, 3.8) is 0 Å². The second kappa shape index (κ2) is 5.72. The Bertz CT molecular complexity index is 260. The number of carbonyl (C=O) groups excluding carboxylic acids is 1. The Morgan fingerprint density at radius 1 is 1.67 bits per heavy atom. The van der Waals surface area contributed by atoms with Crippen LogP contribution in [0.3, 0.4) is 0 Å². The number of hydrogen-bond donors (Lipinski definition) is 1. The van der Waals surface area contributed by atoms with Gasteiger partial charge in [0.05, 0.1) is 19.1 Å². The van der Waals surface area contributed by atoms with Crippen molar-refractivity contribution in [2.45, 2.75) is 44.7 Å². The highest BCUT2D eigenvalue weighted by molar-refractivity contribution is 5.75. The minimum atomic E-state index is -0.269. The molecule has 0 aromatic rings. The SMILES string of the molecule is CCC(NC1CCCC1C#N)C(=O)OC. The van der Waals surface area contributed by atoms with Gasteiger partial charge in [0.2, 0.25) is 0 Å². The topological polar surface area (TPSA) is 62.1 Å². The Morgan fingerprint density at radius 2 is 2.40 bits per heavy atom. The molecule has 0 radical (unpaired) electrons. The summed E-state index contributed by atoms with van der Waals surface area (Å²) in [5, 5.41) is 12.1. The summed E-state index contributed by atoms with van der Waals surface area (Å²) < 4.78 is 4.70. The van der Waals surface area contributed by atoms with Crippen molar-refractivity contribution >= 4 is 5.97 Å². The van der Waals surface area contributed by atoms with E-state index < -0.39 is 0 Å². The Kier molecular flexibility index (Phi) is 4.57. The van der Waals surface area contributed by atoms with Crippen LogP contribution in [0.1, 0.15) is 32.6 Å². The molecule has 4 heteroatoms. The molecule has 4 nitrogen and oxygen atoms in total. The summed E-state index contributed by atoms with van der Waals surface area (Å²) in [6, 6.07) is 2.17. The molecule has 0 aromatic heterocycles. The van der Waals surface area contributed by atoms with Crippen LogP contribution in [0, 0.1) is 17.2 Å². The largest absolute Gasteiger partial charge is 0.468 e. The minimum Gasteiger partial charge on any atom is -0.468 e. The number of esters is 1. The van der Waals surface area contributed by atoms with Crippen LogP contribution in [0.4, 0.5) is 0 Å². The summed E-state index contributed by atoms with van der Waals surface area (Å²) >= 11 is 0. The maximum absolute atomic E-state index is 11.4. The van der Waals surface area contributed by atoms with Gasteiger partial charge in [-0.2, -0.15) is 5.26 Å². The molecule has 0 saturated heterocycles. The van der Waals surface area contributed by atoms with Crippen molar-refractivity contribution < 1.29 is 9.53 Å². The third-order valence-corrected chi connectivity index (χ3v) is 2.99. The summed E-state index contributed by atoms with van der Waals surface area (Å²) in [7, 11) is 1.39. The fourth-order valence-corrected chi connectivity index (χ4v) is 2.07. The normalized spacial score (nSPS) is 27.0. The molecule has 1 aliphatic carbocycles. The standard InChI is InChI=1S/C11H18N2O2/c1-3-9(11(14)15-2)13-10-6-4-5-8(10)7-12/h8-10,13H,3-6H2,1-2H3. The molecule has 1 N–H and O–H groups in total. The molecule has 84 valence electrons. The van der Waals surface area contributed by atoms with Crippen molar-refractivity contribution in [2.75, 3.05) is 7.11 Å². The van der Waals surface area contributed by atoms with Crippen LogP contribution in [0.5, 0.6) is 0 Å². The van der Waals surface area contributed by atoms with E-state index in [2.05, 4.69) is 11.4 Å². The molecule has 0 aliphatic heterocycles. The van der Waals surface area contributed by atoms with Crippen LogP contribution >= 0.6 is 0 Å². The van der Waals surface area contributed by atoms with Gasteiger partial charge < -0.3 is 10.1 Å². The lowest BCUT2D eigenvalue weighted by Crippen LogP contribution is -2.44. The highest BCUT2D eigenvalue weighted by Crippen LogP contribution is 2.25. The van der Waals surface area contributed by atoms with E-state index in [1.165, 1.54) is 7.11 Å². The van der Waals surface area contributed by atoms with E-state index in [1.807, 2.05) is 6.92 Å². The van der Waals surface area contributed by atoms with Gasteiger partial charge in [0.25, 0.3) is 0 Å². The van der Waals surface area contributed by atoms with Crippen molar-refractivity contribution in [3.05, 3.63) is 0 Å². The van der Waals surface area contributed by atoms with E-state index >= 15 is 0 Å². The highest BCUT2D eigenvalue weighted by Gasteiger charge is 2.30. The first kappa shape index (κ1) is 12.0. The Balaban J connectivity index is 2.51. The van der Waals surface area contributed by atoms with Crippen LogP contribution in [-0.2, 0) is 9.53 Å². The predicted octanol–water partition coefficient (Wildman–Crippen LogP) is 1.22. The molecule has 1 aliphatic rings. The van der Waals surface area contributed by atoms with E-state index in [0.29, 0.717) is 6.42 Å². The van der Waals surface area contributed by atoms with Gasteiger partial charge in [-0.15, -0.1) is 0 Å². The lowest BCUT2D eigenvalue weighted by atomic mass is 10.0. The molecule has 0 heterocycles. The molecule has 15 heavy (non-hydrogen) atoms. The van der Waals surface area contributed by atoms with Crippen LogP contribution in [0.25, 0.3) is 0 Å². The summed E-state index contributed by atoms with van der Waals surface area (Å²) in [4.78, 5) is 11.4. The Labute approximate surface area is 90.6 Å². The molecular weight excluding hydrogens is 192 g/mol. The average molecular weight is 210 g/mol. The molecule has 1 fully saturated rings. The summed E-state index contributed by atoms with van der Waals surface area (Å²) in [6.45, 7) is 1.94. The number of nitrogens with one attached hydrogen (secondary N) is 1. The van der Waals surface area contributed by atoms with Gasteiger partial charge in [-0.3, -0.25) is 4.79 Å². The minimum absolute atomic E-state index is 0.0451. The molecule has 0 amide bonds. The first-order valence-electron chi connectivity index (χ1n) is 5.46. The quantitative estimate of drug-likeness (QED) is 0.709. The zero-order valence-electron chi connectivity index (χ0n) is 9.32. The smallest absolute Gasteiger partial charge is 0.322 e. The first-order chi connectivity index (χ1) is 7.22. The summed E-state index contributed by atoms with van der Waals surface area (Å²) in [6.07, 6.45) is 3.67. The van der Waals surface area contributed by atoms with Crippen molar-refractivity contribution in [1.29, 1.82) is 5.26 Å². The molecule has 0 aromatic carbocycles. The third kappa shape index (κ3) is 2.93. The number of hydrogen-bond acceptors (Lipinski definition) is 4. The van der Waals surface area contributed by atoms with Crippen LogP contribution in [0.15, 0.2) is 0 Å². The fourth-order valence-electron chi connectivity index (χ4n) is 2.07. The fraction of sp³-hybridized carbons (Fsp3) is 0.818. The van der Waals surface area contributed by atoms with Crippen molar-refractivity contribution in [2.24, 2.45) is 5.92 Å². The van der Waals surface area contributed by atoms with Gasteiger partial charge in [0.1, 0.15) is 6.04 Å². The Morgan fingerprint density at radius 3 is 2.93 bits per heavy atom. The number of nitrogens with zero attached hydrogens (tertiary/aromatic N) is 1. The van der Waals surface area contributed by atoms with Gasteiger partial charge in [0.15, 0.2) is 0 Å². The maximum Gasteiger partial charge on any atom is 0.322 e. The van der Waals surface area contributed by atoms with E-state index in [9.17, 15) is 4.79 Å². The third-order valence-electron chi connectivity index (χ3n) is 2.99. The summed E-state index contributed by atoms with van der Waals surface area (Å²) in [5.74, 6) is -0.190. The van der Waals surface area contributed by atoms with E-state index in [-0.39, 0.29) is 24.0 Å². The van der Waals surface area contributed by atoms with Gasteiger partial charge in [-0.1, -0.05) is 13.3 Å². The number of rotatable bonds is 4. The average Bonchev–Trinajstić information content (AvgIpc) is 2.71. The van der Waals surface area contributed by atoms with Crippen molar-refractivity contribution in [1.82, 2.24) is 5.32 Å². The summed E-state index contributed by atoms with van der Waals surface area (Å²) in [5.41, 5.74) is 0. The second-order valence-electron chi connectivity index (χ2n) is 3.92. The van der Waals surface area contributed by atoms with E-state index in [1.54, 1.807) is 0 Å². The number of ether oxygens (including phenoxy) is 1. The van der Waals surface area contributed by atoms with Crippen LogP contribution in [0.2, 0.25) is 0 Å². The first-order valence-corrected chi connectivity index (χ1v) is 5.46. The highest BCUT2D eigenvalue weighted by atomic mass is 16.5. The molecule has 3 unspecified atom stereocenters. The van der Waals surface area contributed by atoms with Gasteiger partial charge in [0, 0.05) is 6.04 Å². The van der Waals surface area contributed by atoms with E-state index in [0.717, 1.165) is 19.3 Å². The lowest BCUT2D eigenvalue weighted by molar-refractivity contribution is -0.143. The predicted molar refractivity (Wildman–Crippen MR) is 56.0 cm³/mol. The molecular formula is C11H18N2O2. The number of nitriles is 1. The van der Waals surface area contributed by atoms with Gasteiger partial charge >= 0.3 is 5.97 Å². The van der Waals surface area contributed by atoms with E-state index in [4.69, 9.17) is 10.00 Å². The molecule has 3 atom stereocenters. The van der Waals surface area contributed by atoms with Gasteiger partial charge in [-0.05, 0) is 19.3 Å². The molecule has 0 bridgehead atoms. The molecule has 1 saturated carbocycles. The van der Waals surface area contributed by atoms with Crippen LogP contribution in [-0.4, -0.2) is 25.2 Å². The zero-order valence-corrected chi connectivity index (χ0v) is 9.32. The van der Waals surface area contributed by atoms with Gasteiger partial charge in [-0.25, -0.2) is 0 Å². The second-order valence-corrected chi connectivity index (χ2v) is 3.92. The van der Waals surface area contributed by atoms with Crippen molar-refractivity contribution in [3.8, 4) is 6.07 Å². The zero-order chi connectivity index (χ0) is 11.3. The lowest BCUT2D eigenvalue weighted by Gasteiger charge is -2.21. The maximum atomic E-state index is 11.4. The Hall–Kier alpha value is -1.08. The molecule has 0 spiro atoms. The monoisotopic (exact) mass is 210 g/mol. The number of carbonyl (C=O) groups is 1.